The van der Waals surface area contributed by atoms with Crippen LogP contribution in [-0.4, -0.2) is 77.9 Å². The molecule has 6 rings (SSSR count). The molecule has 2 aliphatic rings. The van der Waals surface area contributed by atoms with Crippen molar-refractivity contribution in [3.63, 3.8) is 0 Å². The Labute approximate surface area is 247 Å². The Kier molecular flexibility index (Phi) is 8.28. The van der Waals surface area contributed by atoms with E-state index in [0.717, 1.165) is 47.5 Å². The van der Waals surface area contributed by atoms with E-state index in [1.807, 2.05) is 59.6 Å². The SMILES string of the molecule is CN1CCN(C(=O)CN2CCc3ccccc3C2)CCOc2ccc(-c3cccnc3)cc2Cc2cccc(c2)C1=O. The summed E-state index contributed by atoms with van der Waals surface area (Å²) in [6, 6.07) is 26.4. The monoisotopic (exact) mass is 560 g/mol. The average Bonchev–Trinajstić information content (AvgIpc) is 3.02. The molecule has 0 N–H and O–H groups in total. The molecule has 0 spiro atoms. The predicted octanol–water partition coefficient (Wildman–Crippen LogP) is 4.69. The molecule has 0 radical (unpaired) electrons. The number of likely N-dealkylation sites (N-methyl/N-ethyl adjacent to an activating group) is 1. The molecule has 7 heteroatoms. The number of fused-ring (bicyclic) bond motifs is 4. The lowest BCUT2D eigenvalue weighted by molar-refractivity contribution is -0.133. The van der Waals surface area contributed by atoms with E-state index in [0.29, 0.717) is 44.8 Å². The molecule has 3 heterocycles. The molecule has 0 unspecified atom stereocenters. The Balaban J connectivity index is 1.24. The number of pyridine rings is 1. The number of amides is 2. The van der Waals surface area contributed by atoms with Crippen LogP contribution >= 0.6 is 0 Å². The number of rotatable bonds is 3. The number of carbonyl (C=O) groups is 2. The summed E-state index contributed by atoms with van der Waals surface area (Å²) >= 11 is 0. The Hall–Kier alpha value is -4.49. The maximum Gasteiger partial charge on any atom is 0.253 e. The number of ether oxygens (including phenoxy) is 1. The Morgan fingerprint density at radius 1 is 0.833 bits per heavy atom. The van der Waals surface area contributed by atoms with Crippen LogP contribution in [0, 0.1) is 0 Å². The highest BCUT2D eigenvalue weighted by Gasteiger charge is 2.23. The Bertz CT molecular complexity index is 1570. The van der Waals surface area contributed by atoms with E-state index in [2.05, 4.69) is 40.2 Å². The zero-order valence-corrected chi connectivity index (χ0v) is 24.0. The summed E-state index contributed by atoms with van der Waals surface area (Å²) in [6.45, 7) is 3.68. The van der Waals surface area contributed by atoms with Crippen LogP contribution in [0.1, 0.15) is 32.6 Å². The highest BCUT2D eigenvalue weighted by atomic mass is 16.5. The second-order valence-electron chi connectivity index (χ2n) is 11.1. The van der Waals surface area contributed by atoms with Crippen LogP contribution in [0.25, 0.3) is 11.1 Å². The van der Waals surface area contributed by atoms with Crippen molar-refractivity contribution in [2.45, 2.75) is 19.4 Å². The number of aromatic nitrogens is 1. The molecule has 42 heavy (non-hydrogen) atoms. The summed E-state index contributed by atoms with van der Waals surface area (Å²) in [5, 5.41) is 0. The average molecular weight is 561 g/mol. The summed E-state index contributed by atoms with van der Waals surface area (Å²) in [4.78, 5) is 37.0. The third kappa shape index (κ3) is 6.37. The molecule has 3 aromatic carbocycles. The van der Waals surface area contributed by atoms with Gasteiger partial charge in [-0.05, 0) is 64.6 Å². The van der Waals surface area contributed by atoms with E-state index in [1.54, 1.807) is 18.1 Å². The van der Waals surface area contributed by atoms with Crippen LogP contribution in [0.4, 0.5) is 0 Å². The second-order valence-corrected chi connectivity index (χ2v) is 11.1. The Morgan fingerprint density at radius 2 is 1.69 bits per heavy atom. The van der Waals surface area contributed by atoms with Crippen LogP contribution in [0.3, 0.4) is 0 Å². The number of nitrogens with zero attached hydrogens (tertiary/aromatic N) is 4. The summed E-state index contributed by atoms with van der Waals surface area (Å²) in [5.74, 6) is 0.795. The van der Waals surface area contributed by atoms with E-state index in [9.17, 15) is 9.59 Å². The van der Waals surface area contributed by atoms with Crippen molar-refractivity contribution in [3.05, 3.63) is 119 Å². The van der Waals surface area contributed by atoms with E-state index in [1.165, 1.54) is 11.1 Å². The molecular weight excluding hydrogens is 524 g/mol. The van der Waals surface area contributed by atoms with Crippen molar-refractivity contribution in [2.75, 3.05) is 46.4 Å². The lowest BCUT2D eigenvalue weighted by Crippen LogP contribution is -2.46. The van der Waals surface area contributed by atoms with Gasteiger partial charge in [0.25, 0.3) is 5.91 Å². The van der Waals surface area contributed by atoms with Crippen molar-refractivity contribution in [3.8, 4) is 16.9 Å². The van der Waals surface area contributed by atoms with Crippen molar-refractivity contribution >= 4 is 11.8 Å². The molecule has 2 amide bonds. The molecule has 7 nitrogen and oxygen atoms in total. The van der Waals surface area contributed by atoms with Gasteiger partial charge in [-0.1, -0.05) is 48.5 Å². The predicted molar refractivity (Wildman–Crippen MR) is 163 cm³/mol. The van der Waals surface area contributed by atoms with Gasteiger partial charge in [-0.15, -0.1) is 0 Å². The van der Waals surface area contributed by atoms with Gasteiger partial charge in [-0.3, -0.25) is 19.5 Å². The molecule has 4 aromatic rings. The summed E-state index contributed by atoms with van der Waals surface area (Å²) in [5.41, 5.74) is 7.44. The Morgan fingerprint density at radius 3 is 2.55 bits per heavy atom. The van der Waals surface area contributed by atoms with E-state index in [-0.39, 0.29) is 11.8 Å². The maximum absolute atomic E-state index is 13.6. The standard InChI is InChI=1S/C35H36N4O3/c1-37-16-17-39(34(40)25-38-15-13-27-7-2-3-8-31(27)24-38)18-19-42-33-12-11-28(30-10-5-14-36-23-30)22-32(33)21-26-6-4-9-29(20-26)35(37)41/h2-12,14,20,22-23H,13,15-19,21,24-25H2,1H3. The number of hydrogen-bond donors (Lipinski definition) is 0. The quantitative estimate of drug-likeness (QED) is 0.364. The second kappa shape index (κ2) is 12.6. The van der Waals surface area contributed by atoms with Gasteiger partial charge >= 0.3 is 0 Å². The molecule has 0 atom stereocenters. The summed E-state index contributed by atoms with van der Waals surface area (Å²) in [7, 11) is 1.80. The van der Waals surface area contributed by atoms with Crippen LogP contribution < -0.4 is 4.74 Å². The minimum atomic E-state index is -0.0467. The first-order valence-corrected chi connectivity index (χ1v) is 14.6. The minimum Gasteiger partial charge on any atom is -0.491 e. The van der Waals surface area contributed by atoms with E-state index < -0.39 is 0 Å². The van der Waals surface area contributed by atoms with Crippen molar-refractivity contribution < 1.29 is 14.3 Å². The van der Waals surface area contributed by atoms with Gasteiger partial charge in [0.1, 0.15) is 12.4 Å². The van der Waals surface area contributed by atoms with Crippen molar-refractivity contribution in [1.29, 1.82) is 0 Å². The molecule has 2 aliphatic heterocycles. The number of carbonyl (C=O) groups excluding carboxylic acids is 2. The van der Waals surface area contributed by atoms with E-state index >= 15 is 0 Å². The fourth-order valence-corrected chi connectivity index (χ4v) is 5.81. The fourth-order valence-electron chi connectivity index (χ4n) is 5.81. The smallest absolute Gasteiger partial charge is 0.253 e. The third-order valence-electron chi connectivity index (χ3n) is 8.22. The highest BCUT2D eigenvalue weighted by Crippen LogP contribution is 2.29. The van der Waals surface area contributed by atoms with Gasteiger partial charge in [0.2, 0.25) is 5.91 Å². The molecule has 1 aromatic heterocycles. The topological polar surface area (TPSA) is 66.0 Å². The lowest BCUT2D eigenvalue weighted by atomic mass is 9.98. The van der Waals surface area contributed by atoms with E-state index in [4.69, 9.17) is 4.74 Å². The van der Waals surface area contributed by atoms with Crippen LogP contribution in [0.15, 0.2) is 91.3 Å². The first-order chi connectivity index (χ1) is 20.5. The zero-order chi connectivity index (χ0) is 28.9. The zero-order valence-electron chi connectivity index (χ0n) is 24.0. The molecule has 2 bridgehead atoms. The number of hydrogen-bond acceptors (Lipinski definition) is 5. The summed E-state index contributed by atoms with van der Waals surface area (Å²) in [6.07, 6.45) is 5.18. The maximum atomic E-state index is 13.6. The first kappa shape index (κ1) is 27.7. The minimum absolute atomic E-state index is 0.0467. The first-order valence-electron chi connectivity index (χ1n) is 14.6. The third-order valence-corrected chi connectivity index (χ3v) is 8.22. The molecule has 0 saturated heterocycles. The highest BCUT2D eigenvalue weighted by molar-refractivity contribution is 5.94. The largest absolute Gasteiger partial charge is 0.491 e. The van der Waals surface area contributed by atoms with Gasteiger partial charge in [-0.2, -0.15) is 0 Å². The fraction of sp³-hybridized carbons (Fsp3) is 0.286. The normalized spacial score (nSPS) is 16.2. The number of benzene rings is 3. The van der Waals surface area contributed by atoms with Crippen molar-refractivity contribution in [1.82, 2.24) is 19.7 Å². The molecular formula is C35H36N4O3. The van der Waals surface area contributed by atoms with Gasteiger partial charge < -0.3 is 14.5 Å². The van der Waals surface area contributed by atoms with Gasteiger partial charge in [0.15, 0.2) is 0 Å². The molecule has 0 aliphatic carbocycles. The van der Waals surface area contributed by atoms with Gasteiger partial charge in [0.05, 0.1) is 13.1 Å². The molecule has 0 fully saturated rings. The molecule has 214 valence electrons. The van der Waals surface area contributed by atoms with Crippen LogP contribution in [0.2, 0.25) is 0 Å². The van der Waals surface area contributed by atoms with Crippen LogP contribution in [-0.2, 0) is 24.2 Å². The van der Waals surface area contributed by atoms with Crippen LogP contribution in [0.5, 0.6) is 5.75 Å². The molecule has 0 saturated carbocycles. The lowest BCUT2D eigenvalue weighted by Gasteiger charge is -2.32. The van der Waals surface area contributed by atoms with Crippen molar-refractivity contribution in [2.24, 2.45) is 0 Å². The van der Waals surface area contributed by atoms with Gasteiger partial charge in [0, 0.05) is 63.2 Å². The summed E-state index contributed by atoms with van der Waals surface area (Å²) < 4.78 is 6.36. The van der Waals surface area contributed by atoms with Gasteiger partial charge in [-0.25, -0.2) is 0 Å².